The molecular weight excluding hydrogens is 345 g/mol. The number of anilines is 1. The molecule has 0 bridgehead atoms. The van der Waals surface area contributed by atoms with Gasteiger partial charge in [-0.15, -0.1) is 0 Å². The summed E-state index contributed by atoms with van der Waals surface area (Å²) in [7, 11) is 0. The number of halogens is 1. The third kappa shape index (κ3) is 4.83. The van der Waals surface area contributed by atoms with Crippen molar-refractivity contribution in [2.45, 2.75) is 18.6 Å². The summed E-state index contributed by atoms with van der Waals surface area (Å²) in [4.78, 5) is 6.81. The van der Waals surface area contributed by atoms with Gasteiger partial charge >= 0.3 is 0 Å². The van der Waals surface area contributed by atoms with E-state index in [1.165, 1.54) is 12.1 Å². The van der Waals surface area contributed by atoms with E-state index in [0.717, 1.165) is 44.0 Å². The van der Waals surface area contributed by atoms with E-state index in [2.05, 4.69) is 21.3 Å². The van der Waals surface area contributed by atoms with E-state index < -0.39 is 0 Å². The fraction of sp³-hybridized carbons (Fsp3) is 0.476. The Morgan fingerprint density at radius 2 is 2.22 bits per heavy atom. The SMILES string of the molecule is Fc1cccc(NC[C@@H]2CO[C@@]3(COCCN(Cc4ccccn4)C3)C2)c1. The number of nitrogens with one attached hydrogen (secondary N) is 1. The molecule has 1 aromatic carbocycles. The normalized spacial score (nSPS) is 26.2. The minimum Gasteiger partial charge on any atom is -0.385 e. The van der Waals surface area contributed by atoms with Gasteiger partial charge in [-0.1, -0.05) is 12.1 Å². The lowest BCUT2D eigenvalue weighted by Gasteiger charge is -2.31. The van der Waals surface area contributed by atoms with E-state index in [4.69, 9.17) is 9.47 Å². The highest BCUT2D eigenvalue weighted by molar-refractivity contribution is 5.43. The molecule has 4 rings (SSSR count). The van der Waals surface area contributed by atoms with Crippen molar-refractivity contribution in [3.05, 3.63) is 60.2 Å². The largest absolute Gasteiger partial charge is 0.385 e. The molecule has 27 heavy (non-hydrogen) atoms. The number of benzene rings is 1. The van der Waals surface area contributed by atoms with Crippen molar-refractivity contribution in [3.63, 3.8) is 0 Å². The van der Waals surface area contributed by atoms with E-state index in [9.17, 15) is 4.39 Å². The Balaban J connectivity index is 1.34. The molecule has 5 nitrogen and oxygen atoms in total. The van der Waals surface area contributed by atoms with Crippen molar-refractivity contribution < 1.29 is 13.9 Å². The van der Waals surface area contributed by atoms with Crippen LogP contribution in [-0.4, -0.2) is 54.9 Å². The summed E-state index contributed by atoms with van der Waals surface area (Å²) in [5.41, 5.74) is 1.61. The number of hydrogen-bond donors (Lipinski definition) is 1. The van der Waals surface area contributed by atoms with Crippen LogP contribution in [0.5, 0.6) is 0 Å². The van der Waals surface area contributed by atoms with Crippen molar-refractivity contribution in [1.82, 2.24) is 9.88 Å². The Kier molecular flexibility index (Phi) is 5.66. The average molecular weight is 371 g/mol. The summed E-state index contributed by atoms with van der Waals surface area (Å²) in [6.45, 7) is 5.34. The zero-order valence-corrected chi connectivity index (χ0v) is 15.4. The number of nitrogens with zero attached hydrogens (tertiary/aromatic N) is 2. The number of aromatic nitrogens is 1. The first-order chi connectivity index (χ1) is 13.2. The van der Waals surface area contributed by atoms with E-state index in [1.807, 2.05) is 24.4 Å². The summed E-state index contributed by atoms with van der Waals surface area (Å²) in [6.07, 6.45) is 2.77. The van der Waals surface area contributed by atoms with Crippen molar-refractivity contribution in [3.8, 4) is 0 Å². The molecule has 2 aliphatic rings. The highest BCUT2D eigenvalue weighted by Crippen LogP contribution is 2.33. The molecule has 2 aliphatic heterocycles. The second-order valence-electron chi connectivity index (χ2n) is 7.54. The van der Waals surface area contributed by atoms with Crippen LogP contribution in [0.25, 0.3) is 0 Å². The monoisotopic (exact) mass is 371 g/mol. The van der Waals surface area contributed by atoms with Crippen LogP contribution >= 0.6 is 0 Å². The van der Waals surface area contributed by atoms with E-state index in [-0.39, 0.29) is 11.4 Å². The predicted octanol–water partition coefficient (Wildman–Crippen LogP) is 2.94. The molecular formula is C21H26FN3O2. The molecule has 144 valence electrons. The lowest BCUT2D eigenvalue weighted by atomic mass is 9.94. The molecule has 2 saturated heterocycles. The Bertz CT molecular complexity index is 745. The van der Waals surface area contributed by atoms with Crippen LogP contribution in [0.4, 0.5) is 10.1 Å². The molecule has 0 unspecified atom stereocenters. The van der Waals surface area contributed by atoms with Gasteiger partial charge in [0.1, 0.15) is 11.4 Å². The molecule has 2 atom stereocenters. The molecule has 0 aliphatic carbocycles. The van der Waals surface area contributed by atoms with Crippen molar-refractivity contribution in [1.29, 1.82) is 0 Å². The number of rotatable bonds is 5. The maximum Gasteiger partial charge on any atom is 0.125 e. The first-order valence-corrected chi connectivity index (χ1v) is 9.54. The van der Waals surface area contributed by atoms with E-state index in [0.29, 0.717) is 25.7 Å². The number of hydrogen-bond acceptors (Lipinski definition) is 5. The molecule has 0 saturated carbocycles. The van der Waals surface area contributed by atoms with Crippen LogP contribution in [0.1, 0.15) is 12.1 Å². The predicted molar refractivity (Wildman–Crippen MR) is 102 cm³/mol. The fourth-order valence-electron chi connectivity index (χ4n) is 3.98. The Morgan fingerprint density at radius 1 is 1.26 bits per heavy atom. The highest BCUT2D eigenvalue weighted by Gasteiger charge is 2.43. The van der Waals surface area contributed by atoms with Crippen LogP contribution in [0.2, 0.25) is 0 Å². The Labute approximate surface area is 159 Å². The second kappa shape index (κ2) is 8.33. The van der Waals surface area contributed by atoms with Gasteiger partial charge in [-0.3, -0.25) is 9.88 Å². The second-order valence-corrected chi connectivity index (χ2v) is 7.54. The first kappa shape index (κ1) is 18.3. The van der Waals surface area contributed by atoms with Crippen LogP contribution < -0.4 is 5.32 Å². The summed E-state index contributed by atoms with van der Waals surface area (Å²) >= 11 is 0. The average Bonchev–Trinajstić information content (AvgIpc) is 2.96. The fourth-order valence-corrected chi connectivity index (χ4v) is 3.98. The number of ether oxygens (including phenoxy) is 2. The van der Waals surface area contributed by atoms with Crippen LogP contribution in [0.15, 0.2) is 48.7 Å². The molecule has 1 N–H and O–H groups in total. The Hall–Kier alpha value is -2.02. The summed E-state index contributed by atoms with van der Waals surface area (Å²) < 4.78 is 25.5. The van der Waals surface area contributed by atoms with E-state index in [1.54, 1.807) is 6.07 Å². The lowest BCUT2D eigenvalue weighted by molar-refractivity contribution is -0.0563. The van der Waals surface area contributed by atoms with Gasteiger partial charge in [-0.2, -0.15) is 0 Å². The quantitative estimate of drug-likeness (QED) is 0.876. The highest BCUT2D eigenvalue weighted by atomic mass is 19.1. The smallest absolute Gasteiger partial charge is 0.125 e. The molecule has 2 aromatic rings. The molecule has 1 aromatic heterocycles. The number of pyridine rings is 1. The lowest BCUT2D eigenvalue weighted by Crippen LogP contribution is -2.44. The summed E-state index contributed by atoms with van der Waals surface area (Å²) in [5, 5.41) is 3.33. The van der Waals surface area contributed by atoms with Gasteiger partial charge in [0, 0.05) is 44.0 Å². The zero-order valence-electron chi connectivity index (χ0n) is 15.4. The van der Waals surface area contributed by atoms with E-state index >= 15 is 0 Å². The standard InChI is InChI=1S/C21H26FN3O2/c22-18-4-3-6-19(10-18)24-12-17-11-21(27-14-17)15-25(8-9-26-16-21)13-20-5-1-2-7-23-20/h1-7,10,17,24H,8-9,11-16H2/t17-,21+/m1/s1. The van der Waals surface area contributed by atoms with Gasteiger partial charge < -0.3 is 14.8 Å². The van der Waals surface area contributed by atoms with Crippen LogP contribution in [-0.2, 0) is 16.0 Å². The van der Waals surface area contributed by atoms with Gasteiger partial charge in [0.25, 0.3) is 0 Å². The van der Waals surface area contributed by atoms with Gasteiger partial charge in [0.05, 0.1) is 25.5 Å². The molecule has 0 amide bonds. The van der Waals surface area contributed by atoms with Gasteiger partial charge in [0.15, 0.2) is 0 Å². The van der Waals surface area contributed by atoms with Crippen LogP contribution in [0.3, 0.4) is 0 Å². The van der Waals surface area contributed by atoms with Gasteiger partial charge in [-0.05, 0) is 36.8 Å². The van der Waals surface area contributed by atoms with Crippen LogP contribution in [0, 0.1) is 11.7 Å². The Morgan fingerprint density at radius 3 is 3.07 bits per heavy atom. The van der Waals surface area contributed by atoms with Gasteiger partial charge in [0.2, 0.25) is 0 Å². The maximum atomic E-state index is 13.3. The third-order valence-corrected chi connectivity index (χ3v) is 5.25. The third-order valence-electron chi connectivity index (χ3n) is 5.25. The molecule has 0 radical (unpaired) electrons. The molecule has 1 spiro atoms. The minimum atomic E-state index is -0.264. The first-order valence-electron chi connectivity index (χ1n) is 9.54. The van der Waals surface area contributed by atoms with Gasteiger partial charge in [-0.25, -0.2) is 4.39 Å². The summed E-state index contributed by atoms with van der Waals surface area (Å²) in [6, 6.07) is 12.6. The molecule has 6 heteroatoms. The van der Waals surface area contributed by atoms with Crippen molar-refractivity contribution in [2.24, 2.45) is 5.92 Å². The zero-order chi connectivity index (χ0) is 18.5. The topological polar surface area (TPSA) is 46.6 Å². The van der Waals surface area contributed by atoms with Crippen molar-refractivity contribution in [2.75, 3.05) is 44.8 Å². The molecule has 3 heterocycles. The maximum absolute atomic E-state index is 13.3. The summed E-state index contributed by atoms with van der Waals surface area (Å²) in [5.74, 6) is 0.160. The minimum absolute atomic E-state index is 0.221. The molecule has 2 fully saturated rings. The van der Waals surface area contributed by atoms with Crippen molar-refractivity contribution >= 4 is 5.69 Å².